The Hall–Kier alpha value is -1.74. The van der Waals surface area contributed by atoms with Gasteiger partial charge in [0, 0.05) is 30.7 Å². The first-order valence-corrected chi connectivity index (χ1v) is 6.11. The summed E-state index contributed by atoms with van der Waals surface area (Å²) in [7, 11) is 1.66. The summed E-state index contributed by atoms with van der Waals surface area (Å²) >= 11 is 0. The monoisotopic (exact) mass is 243 g/mol. The Morgan fingerprint density at radius 2 is 2.17 bits per heavy atom. The molecular formula is C15H17NO2. The highest BCUT2D eigenvalue weighted by molar-refractivity contribution is 5.98. The molecule has 0 N–H and O–H groups in total. The first-order chi connectivity index (χ1) is 8.70. The van der Waals surface area contributed by atoms with Gasteiger partial charge in [-0.2, -0.15) is 0 Å². The van der Waals surface area contributed by atoms with Gasteiger partial charge in [-0.1, -0.05) is 18.2 Å². The normalized spacial score (nSPS) is 12.6. The lowest BCUT2D eigenvalue weighted by atomic mass is 10.0. The van der Waals surface area contributed by atoms with Crippen molar-refractivity contribution in [3.63, 3.8) is 0 Å². The first-order valence-electron chi connectivity index (χ1n) is 6.11. The summed E-state index contributed by atoms with van der Waals surface area (Å²) in [5.74, 6) is 0.122. The number of fused-ring (bicyclic) bond motifs is 1. The highest BCUT2D eigenvalue weighted by atomic mass is 16.5. The number of para-hydroxylation sites is 1. The standard InChI is InChI=1S/C15H17NO2/c1-11(18-2)7-8-15(17)13-9-12-5-3-4-6-14(12)16-10-13/h3-6,9-11H,7-8H2,1-2H3. The van der Waals surface area contributed by atoms with Crippen LogP contribution in [0, 0.1) is 0 Å². The molecule has 0 fully saturated rings. The van der Waals surface area contributed by atoms with Crippen molar-refractivity contribution < 1.29 is 9.53 Å². The van der Waals surface area contributed by atoms with Crippen molar-refractivity contribution in [2.75, 3.05) is 7.11 Å². The van der Waals surface area contributed by atoms with Crippen LogP contribution in [0.5, 0.6) is 0 Å². The predicted octanol–water partition coefficient (Wildman–Crippen LogP) is 3.23. The maximum Gasteiger partial charge on any atom is 0.164 e. The summed E-state index contributed by atoms with van der Waals surface area (Å²) in [6.45, 7) is 1.96. The molecule has 1 atom stereocenters. The molecule has 2 rings (SSSR count). The van der Waals surface area contributed by atoms with Crippen LogP contribution in [0.2, 0.25) is 0 Å². The molecule has 0 aliphatic heterocycles. The fourth-order valence-corrected chi connectivity index (χ4v) is 1.82. The van der Waals surface area contributed by atoms with Gasteiger partial charge in [-0.3, -0.25) is 9.78 Å². The maximum atomic E-state index is 12.0. The van der Waals surface area contributed by atoms with Crippen molar-refractivity contribution in [2.45, 2.75) is 25.9 Å². The number of benzene rings is 1. The third-order valence-corrected chi connectivity index (χ3v) is 3.09. The number of aromatic nitrogens is 1. The Bertz CT molecular complexity index is 551. The number of carbonyl (C=O) groups excluding carboxylic acids is 1. The number of hydrogen-bond acceptors (Lipinski definition) is 3. The van der Waals surface area contributed by atoms with E-state index in [4.69, 9.17) is 4.74 Å². The van der Waals surface area contributed by atoms with Gasteiger partial charge in [-0.05, 0) is 25.5 Å². The van der Waals surface area contributed by atoms with Crippen LogP contribution in [-0.4, -0.2) is 24.0 Å². The average molecular weight is 243 g/mol. The molecule has 3 heteroatoms. The van der Waals surface area contributed by atoms with Crippen LogP contribution in [0.15, 0.2) is 36.5 Å². The van der Waals surface area contributed by atoms with Gasteiger partial charge in [-0.25, -0.2) is 0 Å². The van der Waals surface area contributed by atoms with Gasteiger partial charge in [0.25, 0.3) is 0 Å². The summed E-state index contributed by atoms with van der Waals surface area (Å²) in [5.41, 5.74) is 1.59. The van der Waals surface area contributed by atoms with Crippen molar-refractivity contribution in [2.24, 2.45) is 0 Å². The molecule has 18 heavy (non-hydrogen) atoms. The van der Waals surface area contributed by atoms with Crippen LogP contribution in [0.4, 0.5) is 0 Å². The lowest BCUT2D eigenvalue weighted by Crippen LogP contribution is -2.08. The second kappa shape index (κ2) is 5.74. The molecule has 0 aliphatic rings. The number of pyridine rings is 1. The maximum absolute atomic E-state index is 12.0. The molecule has 1 aromatic heterocycles. The fraction of sp³-hybridized carbons (Fsp3) is 0.333. The summed E-state index contributed by atoms with van der Waals surface area (Å²) in [6, 6.07) is 9.71. The van der Waals surface area contributed by atoms with Gasteiger partial charge in [-0.15, -0.1) is 0 Å². The van der Waals surface area contributed by atoms with E-state index in [1.165, 1.54) is 0 Å². The lowest BCUT2D eigenvalue weighted by molar-refractivity contribution is 0.0877. The Balaban J connectivity index is 2.13. The zero-order valence-electron chi connectivity index (χ0n) is 10.7. The van der Waals surface area contributed by atoms with Crippen LogP contribution in [-0.2, 0) is 4.74 Å². The van der Waals surface area contributed by atoms with Crippen molar-refractivity contribution in [3.8, 4) is 0 Å². The van der Waals surface area contributed by atoms with Crippen molar-refractivity contribution in [3.05, 3.63) is 42.1 Å². The van der Waals surface area contributed by atoms with Crippen LogP contribution in [0.1, 0.15) is 30.1 Å². The third kappa shape index (κ3) is 2.93. The molecule has 1 aromatic carbocycles. The molecular weight excluding hydrogens is 226 g/mol. The smallest absolute Gasteiger partial charge is 0.164 e. The number of ether oxygens (including phenoxy) is 1. The number of rotatable bonds is 5. The summed E-state index contributed by atoms with van der Waals surface area (Å²) in [4.78, 5) is 16.3. The van der Waals surface area contributed by atoms with Crippen LogP contribution in [0.25, 0.3) is 10.9 Å². The summed E-state index contributed by atoms with van der Waals surface area (Å²) in [5, 5.41) is 1.00. The van der Waals surface area contributed by atoms with E-state index in [1.54, 1.807) is 13.3 Å². The fourth-order valence-electron chi connectivity index (χ4n) is 1.82. The van der Waals surface area contributed by atoms with Crippen LogP contribution < -0.4 is 0 Å². The van der Waals surface area contributed by atoms with Crippen molar-refractivity contribution >= 4 is 16.7 Å². The zero-order chi connectivity index (χ0) is 13.0. The molecule has 0 radical (unpaired) electrons. The van der Waals surface area contributed by atoms with Gasteiger partial charge in [0.15, 0.2) is 5.78 Å². The van der Waals surface area contributed by atoms with Gasteiger partial charge < -0.3 is 4.74 Å². The van der Waals surface area contributed by atoms with Crippen LogP contribution in [0.3, 0.4) is 0 Å². The van der Waals surface area contributed by atoms with E-state index < -0.39 is 0 Å². The van der Waals surface area contributed by atoms with Crippen molar-refractivity contribution in [1.29, 1.82) is 0 Å². The summed E-state index contributed by atoms with van der Waals surface area (Å²) in [6.07, 6.45) is 3.00. The molecule has 2 aromatic rings. The van der Waals surface area contributed by atoms with Crippen LogP contribution >= 0.6 is 0 Å². The number of Topliss-reactive ketones (excluding diaryl/α,β-unsaturated/α-hetero) is 1. The highest BCUT2D eigenvalue weighted by Gasteiger charge is 2.09. The lowest BCUT2D eigenvalue weighted by Gasteiger charge is -2.08. The molecule has 0 saturated carbocycles. The Kier molecular flexibility index (Phi) is 4.05. The average Bonchev–Trinajstić information content (AvgIpc) is 2.43. The van der Waals surface area contributed by atoms with E-state index in [0.29, 0.717) is 12.0 Å². The molecule has 0 saturated heterocycles. The molecule has 3 nitrogen and oxygen atoms in total. The SMILES string of the molecule is COC(C)CCC(=O)c1cnc2ccccc2c1. The van der Waals surface area contributed by atoms with Gasteiger partial charge in [0.2, 0.25) is 0 Å². The van der Waals surface area contributed by atoms with E-state index >= 15 is 0 Å². The van der Waals surface area contributed by atoms with Gasteiger partial charge in [0.05, 0.1) is 11.6 Å². The number of methoxy groups -OCH3 is 1. The molecule has 0 amide bonds. The minimum atomic E-state index is 0.113. The Labute approximate surface area is 107 Å². The molecule has 0 spiro atoms. The Morgan fingerprint density at radius 3 is 2.94 bits per heavy atom. The zero-order valence-corrected chi connectivity index (χ0v) is 10.7. The molecule has 94 valence electrons. The van der Waals surface area contributed by atoms with E-state index in [0.717, 1.165) is 17.3 Å². The number of hydrogen-bond donors (Lipinski definition) is 0. The molecule has 0 aliphatic carbocycles. The topological polar surface area (TPSA) is 39.2 Å². The van der Waals surface area contributed by atoms with E-state index in [1.807, 2.05) is 37.3 Å². The van der Waals surface area contributed by atoms with E-state index in [-0.39, 0.29) is 11.9 Å². The van der Waals surface area contributed by atoms with E-state index in [9.17, 15) is 4.79 Å². The second-order valence-corrected chi connectivity index (χ2v) is 4.42. The predicted molar refractivity (Wildman–Crippen MR) is 71.8 cm³/mol. The second-order valence-electron chi connectivity index (χ2n) is 4.42. The number of ketones is 1. The molecule has 1 unspecified atom stereocenters. The third-order valence-electron chi connectivity index (χ3n) is 3.09. The largest absolute Gasteiger partial charge is 0.382 e. The number of carbonyl (C=O) groups is 1. The van der Waals surface area contributed by atoms with Gasteiger partial charge in [0.1, 0.15) is 0 Å². The number of nitrogens with zero attached hydrogens (tertiary/aromatic N) is 1. The minimum Gasteiger partial charge on any atom is -0.382 e. The van der Waals surface area contributed by atoms with Gasteiger partial charge >= 0.3 is 0 Å². The molecule has 0 bridgehead atoms. The Morgan fingerprint density at radius 1 is 1.39 bits per heavy atom. The summed E-state index contributed by atoms with van der Waals surface area (Å²) < 4.78 is 5.14. The first kappa shape index (κ1) is 12.7. The highest BCUT2D eigenvalue weighted by Crippen LogP contribution is 2.15. The van der Waals surface area contributed by atoms with Crippen molar-refractivity contribution in [1.82, 2.24) is 4.98 Å². The van der Waals surface area contributed by atoms with E-state index in [2.05, 4.69) is 4.98 Å². The quantitative estimate of drug-likeness (QED) is 0.757. The minimum absolute atomic E-state index is 0.113. The molecule has 1 heterocycles.